The van der Waals surface area contributed by atoms with Gasteiger partial charge in [-0.05, 0) is 38.1 Å². The lowest BCUT2D eigenvalue weighted by Crippen LogP contribution is -2.16. The molecule has 122 valence electrons. The van der Waals surface area contributed by atoms with Crippen LogP contribution in [0.4, 0.5) is 5.82 Å². The summed E-state index contributed by atoms with van der Waals surface area (Å²) in [5, 5.41) is 7.86. The second kappa shape index (κ2) is 6.84. The maximum Gasteiger partial charge on any atom is 0.230 e. The molecule has 0 unspecified atom stereocenters. The average molecular weight is 341 g/mol. The second-order valence-corrected chi connectivity index (χ2v) is 5.92. The minimum Gasteiger partial charge on any atom is -0.310 e. The van der Waals surface area contributed by atoms with Crippen LogP contribution in [-0.4, -0.2) is 20.7 Å². The first-order valence-electron chi connectivity index (χ1n) is 7.56. The highest BCUT2D eigenvalue weighted by atomic mass is 35.5. The number of halogens is 1. The van der Waals surface area contributed by atoms with Crippen LogP contribution in [0.25, 0.3) is 5.69 Å². The normalized spacial score (nSPS) is 10.6. The highest BCUT2D eigenvalue weighted by Crippen LogP contribution is 2.19. The minimum atomic E-state index is -0.136. The Morgan fingerprint density at radius 2 is 1.92 bits per heavy atom. The molecule has 0 spiro atoms. The maximum absolute atomic E-state index is 12.3. The Labute approximate surface area is 145 Å². The Balaban J connectivity index is 1.79. The van der Waals surface area contributed by atoms with E-state index < -0.39 is 0 Å². The fourth-order valence-electron chi connectivity index (χ4n) is 2.55. The molecule has 3 aromatic rings. The van der Waals surface area contributed by atoms with E-state index in [1.54, 1.807) is 12.1 Å². The van der Waals surface area contributed by atoms with E-state index in [0.29, 0.717) is 10.8 Å². The first-order chi connectivity index (χ1) is 11.5. The molecular formula is C18H17ClN4O. The number of nitrogens with zero attached hydrogens (tertiary/aromatic N) is 3. The zero-order valence-electron chi connectivity index (χ0n) is 13.5. The van der Waals surface area contributed by atoms with Crippen molar-refractivity contribution >= 4 is 23.3 Å². The van der Waals surface area contributed by atoms with Crippen molar-refractivity contribution in [2.75, 3.05) is 5.32 Å². The van der Waals surface area contributed by atoms with Crippen LogP contribution in [0, 0.1) is 13.8 Å². The summed E-state index contributed by atoms with van der Waals surface area (Å²) in [4.78, 5) is 16.4. The predicted octanol–water partition coefficient (Wildman–Crippen LogP) is 3.72. The van der Waals surface area contributed by atoms with Gasteiger partial charge in [-0.3, -0.25) is 4.79 Å². The van der Waals surface area contributed by atoms with Crippen LogP contribution in [0.15, 0.2) is 48.7 Å². The summed E-state index contributed by atoms with van der Waals surface area (Å²) in [6.07, 6.45) is 1.75. The van der Waals surface area contributed by atoms with Crippen LogP contribution < -0.4 is 5.32 Å². The number of benzene rings is 1. The van der Waals surface area contributed by atoms with Crippen molar-refractivity contribution in [1.29, 1.82) is 0 Å². The number of carbonyl (C=O) groups is 1. The van der Waals surface area contributed by atoms with E-state index in [9.17, 15) is 4.79 Å². The molecule has 2 heterocycles. The van der Waals surface area contributed by atoms with Gasteiger partial charge in [-0.2, -0.15) is 5.10 Å². The van der Waals surface area contributed by atoms with Crippen molar-refractivity contribution in [3.8, 4) is 5.69 Å². The molecule has 2 aromatic heterocycles. The van der Waals surface area contributed by atoms with Crippen molar-refractivity contribution in [3.63, 3.8) is 0 Å². The molecule has 0 saturated heterocycles. The molecule has 24 heavy (non-hydrogen) atoms. The van der Waals surface area contributed by atoms with Gasteiger partial charge in [0.1, 0.15) is 5.82 Å². The van der Waals surface area contributed by atoms with Crippen LogP contribution in [0.2, 0.25) is 5.02 Å². The van der Waals surface area contributed by atoms with E-state index in [-0.39, 0.29) is 12.3 Å². The highest BCUT2D eigenvalue weighted by Gasteiger charge is 2.16. The van der Waals surface area contributed by atoms with Crippen LogP contribution in [0.1, 0.15) is 17.0 Å². The van der Waals surface area contributed by atoms with Crippen LogP contribution in [0.3, 0.4) is 0 Å². The van der Waals surface area contributed by atoms with Crippen molar-refractivity contribution < 1.29 is 4.79 Å². The van der Waals surface area contributed by atoms with Crippen LogP contribution in [0.5, 0.6) is 0 Å². The number of carbonyl (C=O) groups excluding carboxylic acids is 1. The number of hydrogen-bond acceptors (Lipinski definition) is 3. The number of anilines is 1. The first-order valence-corrected chi connectivity index (χ1v) is 7.94. The van der Waals surface area contributed by atoms with Crippen molar-refractivity contribution in [2.24, 2.45) is 0 Å². The van der Waals surface area contributed by atoms with E-state index in [1.165, 1.54) is 6.20 Å². The van der Waals surface area contributed by atoms with Gasteiger partial charge in [0.05, 0.1) is 22.8 Å². The number of aryl methyl sites for hydroxylation is 1. The Morgan fingerprint density at radius 3 is 2.58 bits per heavy atom. The van der Waals surface area contributed by atoms with Gasteiger partial charge in [-0.1, -0.05) is 29.8 Å². The van der Waals surface area contributed by atoms with Gasteiger partial charge < -0.3 is 5.32 Å². The molecule has 1 aromatic carbocycles. The van der Waals surface area contributed by atoms with Crippen LogP contribution in [-0.2, 0) is 11.2 Å². The molecule has 0 aliphatic heterocycles. The van der Waals surface area contributed by atoms with Gasteiger partial charge in [0, 0.05) is 17.5 Å². The third-order valence-corrected chi connectivity index (χ3v) is 4.00. The van der Waals surface area contributed by atoms with E-state index in [0.717, 1.165) is 22.6 Å². The topological polar surface area (TPSA) is 59.8 Å². The molecule has 0 atom stereocenters. The summed E-state index contributed by atoms with van der Waals surface area (Å²) < 4.78 is 1.86. The standard InChI is InChI=1S/C18H17ClN4O/c1-12-16(10-18(24)21-17-9-8-14(19)11-20-17)13(2)23(22-12)15-6-4-3-5-7-15/h3-9,11H,10H2,1-2H3,(H,20,21,24). The quantitative estimate of drug-likeness (QED) is 0.787. The average Bonchev–Trinajstić information content (AvgIpc) is 2.86. The Bertz CT molecular complexity index is 857. The van der Waals surface area contributed by atoms with Gasteiger partial charge >= 0.3 is 0 Å². The maximum atomic E-state index is 12.3. The number of pyridine rings is 1. The number of hydrogen-bond donors (Lipinski definition) is 1. The molecule has 0 aliphatic carbocycles. The molecule has 0 saturated carbocycles. The summed E-state index contributed by atoms with van der Waals surface area (Å²) in [5.74, 6) is 0.346. The number of amides is 1. The van der Waals surface area contributed by atoms with Gasteiger partial charge in [0.2, 0.25) is 5.91 Å². The fourth-order valence-corrected chi connectivity index (χ4v) is 2.66. The molecule has 5 nitrogen and oxygen atoms in total. The lowest BCUT2D eigenvalue weighted by Gasteiger charge is -2.06. The van der Waals surface area contributed by atoms with Crippen molar-refractivity contribution in [1.82, 2.24) is 14.8 Å². The number of aromatic nitrogens is 3. The predicted molar refractivity (Wildman–Crippen MR) is 94.6 cm³/mol. The highest BCUT2D eigenvalue weighted by molar-refractivity contribution is 6.30. The zero-order chi connectivity index (χ0) is 17.1. The molecule has 1 amide bonds. The Morgan fingerprint density at radius 1 is 1.17 bits per heavy atom. The molecule has 0 bridgehead atoms. The summed E-state index contributed by atoms with van der Waals surface area (Å²) in [6.45, 7) is 3.88. The molecular weight excluding hydrogens is 324 g/mol. The largest absolute Gasteiger partial charge is 0.310 e. The van der Waals surface area contributed by atoms with Gasteiger partial charge in [-0.15, -0.1) is 0 Å². The molecule has 3 rings (SSSR count). The lowest BCUT2D eigenvalue weighted by molar-refractivity contribution is -0.115. The third kappa shape index (κ3) is 3.46. The molecule has 0 fully saturated rings. The zero-order valence-corrected chi connectivity index (χ0v) is 14.2. The second-order valence-electron chi connectivity index (χ2n) is 5.48. The monoisotopic (exact) mass is 340 g/mol. The van der Waals surface area contributed by atoms with Crippen LogP contribution >= 0.6 is 11.6 Å². The molecule has 6 heteroatoms. The third-order valence-electron chi connectivity index (χ3n) is 3.77. The van der Waals surface area contributed by atoms with E-state index in [4.69, 9.17) is 11.6 Å². The SMILES string of the molecule is Cc1nn(-c2ccccc2)c(C)c1CC(=O)Nc1ccc(Cl)cn1. The van der Waals surface area contributed by atoms with Gasteiger partial charge in [-0.25, -0.2) is 9.67 Å². The smallest absolute Gasteiger partial charge is 0.230 e. The Hall–Kier alpha value is -2.66. The number of rotatable bonds is 4. The van der Waals surface area contributed by atoms with E-state index in [1.807, 2.05) is 48.9 Å². The summed E-state index contributed by atoms with van der Waals surface area (Å²) in [5.41, 5.74) is 3.70. The van der Waals surface area contributed by atoms with Gasteiger partial charge in [0.25, 0.3) is 0 Å². The number of para-hydroxylation sites is 1. The first kappa shape index (κ1) is 16.2. The molecule has 0 aliphatic rings. The summed E-state index contributed by atoms with van der Waals surface area (Å²) in [6, 6.07) is 13.2. The minimum absolute atomic E-state index is 0.136. The van der Waals surface area contributed by atoms with Crippen molar-refractivity contribution in [2.45, 2.75) is 20.3 Å². The van der Waals surface area contributed by atoms with E-state index in [2.05, 4.69) is 15.4 Å². The van der Waals surface area contributed by atoms with Crippen molar-refractivity contribution in [3.05, 3.63) is 70.6 Å². The van der Waals surface area contributed by atoms with Gasteiger partial charge in [0.15, 0.2) is 0 Å². The molecule has 0 radical (unpaired) electrons. The number of nitrogens with one attached hydrogen (secondary N) is 1. The summed E-state index contributed by atoms with van der Waals surface area (Å²) in [7, 11) is 0. The summed E-state index contributed by atoms with van der Waals surface area (Å²) >= 11 is 5.79. The lowest BCUT2D eigenvalue weighted by atomic mass is 10.1. The fraction of sp³-hybridized carbons (Fsp3) is 0.167. The molecule has 1 N–H and O–H groups in total. The Kier molecular flexibility index (Phi) is 4.62. The van der Waals surface area contributed by atoms with E-state index >= 15 is 0 Å².